The maximum atomic E-state index is 13.4. The Morgan fingerprint density at radius 1 is 0.971 bits per heavy atom. The second-order valence-electron chi connectivity index (χ2n) is 8.44. The number of imide groups is 1. The second kappa shape index (κ2) is 9.02. The normalized spacial score (nSPS) is 13.6. The third-order valence-electron chi connectivity index (χ3n) is 6.22. The Kier molecular flexibility index (Phi) is 5.74. The molecule has 3 aromatic carbocycles. The van der Waals surface area contributed by atoms with Crippen molar-refractivity contribution in [1.29, 1.82) is 0 Å². The lowest BCUT2D eigenvalue weighted by Gasteiger charge is -2.24. The van der Waals surface area contributed by atoms with Crippen molar-refractivity contribution in [3.63, 3.8) is 0 Å². The molecule has 0 aliphatic carbocycles. The first-order valence-corrected chi connectivity index (χ1v) is 11.3. The zero-order valence-electron chi connectivity index (χ0n) is 19.3. The third kappa shape index (κ3) is 4.01. The molecule has 2 heterocycles. The molecule has 0 fully saturated rings. The van der Waals surface area contributed by atoms with E-state index >= 15 is 0 Å². The molecule has 0 radical (unpaired) electrons. The van der Waals surface area contributed by atoms with Crippen LogP contribution in [-0.4, -0.2) is 40.8 Å². The van der Waals surface area contributed by atoms with Gasteiger partial charge in [-0.25, -0.2) is 0 Å². The van der Waals surface area contributed by atoms with Crippen LogP contribution >= 0.6 is 0 Å². The zero-order valence-corrected chi connectivity index (χ0v) is 19.3. The van der Waals surface area contributed by atoms with E-state index < -0.39 is 6.04 Å². The van der Waals surface area contributed by atoms with Crippen LogP contribution in [0.2, 0.25) is 0 Å². The van der Waals surface area contributed by atoms with Crippen LogP contribution in [0.15, 0.2) is 79.0 Å². The number of benzene rings is 3. The van der Waals surface area contributed by atoms with E-state index in [1.165, 1.54) is 4.90 Å². The monoisotopic (exact) mass is 465 g/mol. The molecule has 0 unspecified atom stereocenters. The number of anilines is 1. The van der Waals surface area contributed by atoms with E-state index in [0.717, 1.165) is 5.39 Å². The van der Waals surface area contributed by atoms with Crippen molar-refractivity contribution in [2.75, 3.05) is 12.4 Å². The molecule has 35 heavy (non-hydrogen) atoms. The molecule has 1 aliphatic rings. The van der Waals surface area contributed by atoms with Crippen molar-refractivity contribution in [1.82, 2.24) is 9.88 Å². The van der Waals surface area contributed by atoms with Crippen LogP contribution in [0.5, 0.6) is 5.75 Å². The quantitative estimate of drug-likeness (QED) is 0.416. The van der Waals surface area contributed by atoms with E-state index in [1.54, 1.807) is 68.8 Å². The molecule has 5 rings (SSSR count). The lowest BCUT2D eigenvalue weighted by atomic mass is 9.98. The molecule has 1 aromatic heterocycles. The molecule has 0 saturated carbocycles. The Labute approximate surface area is 202 Å². The summed E-state index contributed by atoms with van der Waals surface area (Å²) in [6.07, 6.45) is 1.97. The SMILES string of the molecule is COc1ccc(C(=O)Nc2cccc3cccnc23)c(C[C@H](C)N2C(=O)c3ccccc3C2=O)c1. The summed E-state index contributed by atoms with van der Waals surface area (Å²) in [4.78, 5) is 44.9. The van der Waals surface area contributed by atoms with Crippen LogP contribution in [-0.2, 0) is 6.42 Å². The van der Waals surface area contributed by atoms with Gasteiger partial charge in [-0.2, -0.15) is 0 Å². The van der Waals surface area contributed by atoms with Gasteiger partial charge >= 0.3 is 0 Å². The summed E-state index contributed by atoms with van der Waals surface area (Å²) in [6.45, 7) is 1.80. The Balaban J connectivity index is 1.44. The second-order valence-corrected chi connectivity index (χ2v) is 8.44. The molecule has 1 N–H and O–H groups in total. The van der Waals surface area contributed by atoms with Crippen molar-refractivity contribution >= 4 is 34.3 Å². The summed E-state index contributed by atoms with van der Waals surface area (Å²) in [5, 5.41) is 3.88. The maximum Gasteiger partial charge on any atom is 0.261 e. The summed E-state index contributed by atoms with van der Waals surface area (Å²) < 4.78 is 5.38. The number of nitrogens with zero attached hydrogens (tertiary/aromatic N) is 2. The topological polar surface area (TPSA) is 88.6 Å². The molecule has 174 valence electrons. The van der Waals surface area contributed by atoms with Crippen molar-refractivity contribution in [2.45, 2.75) is 19.4 Å². The van der Waals surface area contributed by atoms with E-state index in [9.17, 15) is 14.4 Å². The molecule has 7 nitrogen and oxygen atoms in total. The van der Waals surface area contributed by atoms with E-state index in [0.29, 0.717) is 45.6 Å². The lowest BCUT2D eigenvalue weighted by molar-refractivity contribution is 0.0596. The predicted molar refractivity (Wildman–Crippen MR) is 133 cm³/mol. The van der Waals surface area contributed by atoms with Crippen molar-refractivity contribution in [2.24, 2.45) is 0 Å². The third-order valence-corrected chi connectivity index (χ3v) is 6.22. The number of pyridine rings is 1. The van der Waals surface area contributed by atoms with Gasteiger partial charge in [0.05, 0.1) is 29.4 Å². The van der Waals surface area contributed by atoms with Gasteiger partial charge in [-0.3, -0.25) is 24.3 Å². The molecule has 0 bridgehead atoms. The molecule has 4 aromatic rings. The first kappa shape index (κ1) is 22.3. The van der Waals surface area contributed by atoms with Crippen LogP contribution in [0.4, 0.5) is 5.69 Å². The maximum absolute atomic E-state index is 13.4. The Morgan fingerprint density at radius 3 is 2.40 bits per heavy atom. The van der Waals surface area contributed by atoms with Gasteiger partial charge in [-0.1, -0.05) is 30.3 Å². The number of nitrogens with one attached hydrogen (secondary N) is 1. The van der Waals surface area contributed by atoms with Crippen LogP contribution in [0.1, 0.15) is 43.6 Å². The number of fused-ring (bicyclic) bond motifs is 2. The summed E-state index contributed by atoms with van der Waals surface area (Å²) >= 11 is 0. The minimum atomic E-state index is -0.472. The van der Waals surface area contributed by atoms with Crippen molar-refractivity contribution in [3.05, 3.63) is 101 Å². The highest BCUT2D eigenvalue weighted by atomic mass is 16.5. The fourth-order valence-corrected chi connectivity index (χ4v) is 4.50. The van der Waals surface area contributed by atoms with E-state index in [1.807, 2.05) is 24.3 Å². The van der Waals surface area contributed by atoms with Gasteiger partial charge in [-0.15, -0.1) is 0 Å². The van der Waals surface area contributed by atoms with Gasteiger partial charge in [0.1, 0.15) is 5.75 Å². The minimum absolute atomic E-state index is 0.291. The first-order valence-electron chi connectivity index (χ1n) is 11.3. The molecule has 0 saturated heterocycles. The minimum Gasteiger partial charge on any atom is -0.497 e. The summed E-state index contributed by atoms with van der Waals surface area (Å²) in [6, 6.07) is 20.9. The number of aromatic nitrogens is 1. The Morgan fingerprint density at radius 2 is 1.69 bits per heavy atom. The van der Waals surface area contributed by atoms with E-state index in [4.69, 9.17) is 4.74 Å². The smallest absolute Gasteiger partial charge is 0.261 e. The number of rotatable bonds is 6. The molecule has 1 atom stereocenters. The standard InChI is InChI=1S/C28H23N3O4/c1-17(31-27(33)22-9-3-4-10-23(22)28(31)34)15-19-16-20(35-2)12-13-21(19)26(32)30-24-11-5-7-18-8-6-14-29-25(18)24/h3-14,16-17H,15H2,1-2H3,(H,30,32)/t17-/m0/s1. The molecule has 1 aliphatic heterocycles. The lowest BCUT2D eigenvalue weighted by Crippen LogP contribution is -2.39. The van der Waals surface area contributed by atoms with E-state index in [-0.39, 0.29) is 17.7 Å². The van der Waals surface area contributed by atoms with Gasteiger partial charge in [0.2, 0.25) is 0 Å². The first-order chi connectivity index (χ1) is 17.0. The number of amides is 3. The van der Waals surface area contributed by atoms with E-state index in [2.05, 4.69) is 10.3 Å². The van der Waals surface area contributed by atoms with Gasteiger partial charge in [0.15, 0.2) is 0 Å². The Bertz CT molecular complexity index is 1440. The summed E-state index contributed by atoms with van der Waals surface area (Å²) in [5.41, 5.74) is 3.19. The van der Waals surface area contributed by atoms with Crippen LogP contribution < -0.4 is 10.1 Å². The fraction of sp³-hybridized carbons (Fsp3) is 0.143. The van der Waals surface area contributed by atoms with Crippen LogP contribution in [0.3, 0.4) is 0 Å². The van der Waals surface area contributed by atoms with Gasteiger partial charge in [0, 0.05) is 23.2 Å². The number of carbonyl (C=O) groups is 3. The summed E-state index contributed by atoms with van der Waals surface area (Å²) in [7, 11) is 1.55. The van der Waals surface area contributed by atoms with Crippen molar-refractivity contribution in [3.8, 4) is 5.75 Å². The fourth-order valence-electron chi connectivity index (χ4n) is 4.50. The van der Waals surface area contributed by atoms with Gasteiger partial charge in [-0.05, 0) is 61.4 Å². The van der Waals surface area contributed by atoms with Gasteiger partial charge < -0.3 is 10.1 Å². The van der Waals surface area contributed by atoms with Crippen molar-refractivity contribution < 1.29 is 19.1 Å². The highest BCUT2D eigenvalue weighted by Gasteiger charge is 2.38. The molecule has 0 spiro atoms. The molecule has 3 amide bonds. The number of methoxy groups -OCH3 is 1. The number of hydrogen-bond acceptors (Lipinski definition) is 5. The average Bonchev–Trinajstić information content (AvgIpc) is 3.14. The number of ether oxygens (including phenoxy) is 1. The average molecular weight is 466 g/mol. The Hall–Kier alpha value is -4.52. The highest BCUT2D eigenvalue weighted by Crippen LogP contribution is 2.28. The molecular formula is C28H23N3O4. The predicted octanol–water partition coefficient (Wildman–Crippen LogP) is 4.72. The zero-order chi connectivity index (χ0) is 24.5. The largest absolute Gasteiger partial charge is 0.497 e. The number of carbonyl (C=O) groups excluding carboxylic acids is 3. The number of hydrogen-bond donors (Lipinski definition) is 1. The highest BCUT2D eigenvalue weighted by molar-refractivity contribution is 6.21. The van der Waals surface area contributed by atoms with Crippen LogP contribution in [0, 0.1) is 0 Å². The molecule has 7 heteroatoms. The van der Waals surface area contributed by atoms with Crippen LogP contribution in [0.25, 0.3) is 10.9 Å². The molecular weight excluding hydrogens is 442 g/mol. The number of para-hydroxylation sites is 1. The summed E-state index contributed by atoms with van der Waals surface area (Å²) in [5.74, 6) is -0.379. The van der Waals surface area contributed by atoms with Gasteiger partial charge in [0.25, 0.3) is 17.7 Å².